The van der Waals surface area contributed by atoms with Gasteiger partial charge in [-0.1, -0.05) is 24.3 Å². The monoisotopic (exact) mass is 259 g/mol. The fourth-order valence-corrected chi connectivity index (χ4v) is 2.94. The van der Waals surface area contributed by atoms with E-state index in [1.807, 2.05) is 0 Å². The Morgan fingerprint density at radius 2 is 1.74 bits per heavy atom. The summed E-state index contributed by atoms with van der Waals surface area (Å²) in [6, 6.07) is 9.45. The maximum Gasteiger partial charge on any atom is 0.0719 e. The molecule has 0 amide bonds. The zero-order valence-electron chi connectivity index (χ0n) is 11.9. The first-order chi connectivity index (χ1) is 9.38. The molecule has 1 aromatic rings. The minimum atomic E-state index is 0.742. The summed E-state index contributed by atoms with van der Waals surface area (Å²) in [5, 5.41) is 3.82. The van der Waals surface area contributed by atoms with Crippen molar-refractivity contribution in [3.63, 3.8) is 0 Å². The van der Waals surface area contributed by atoms with Gasteiger partial charge in [0.05, 0.1) is 6.61 Å². The maximum absolute atomic E-state index is 5.56. The molecule has 0 bridgehead atoms. The molecule has 1 aromatic carbocycles. The van der Waals surface area contributed by atoms with Crippen LogP contribution in [0.1, 0.15) is 43.7 Å². The Balaban J connectivity index is 1.58. The third-order valence-corrected chi connectivity index (χ3v) is 4.37. The molecule has 1 N–H and O–H groups in total. The van der Waals surface area contributed by atoms with Crippen LogP contribution in [0, 0.1) is 11.8 Å². The van der Waals surface area contributed by atoms with Crippen molar-refractivity contribution in [3.05, 3.63) is 35.4 Å². The molecule has 0 atom stereocenters. The van der Waals surface area contributed by atoms with Gasteiger partial charge in [0.25, 0.3) is 0 Å². The van der Waals surface area contributed by atoms with E-state index in [9.17, 15) is 0 Å². The van der Waals surface area contributed by atoms with Crippen LogP contribution in [0.3, 0.4) is 0 Å². The van der Waals surface area contributed by atoms with Crippen LogP contribution < -0.4 is 5.32 Å². The summed E-state index contributed by atoms with van der Waals surface area (Å²) in [5.41, 5.74) is 2.74. The van der Waals surface area contributed by atoms with Crippen molar-refractivity contribution >= 4 is 0 Å². The fraction of sp³-hybridized carbons (Fsp3) is 0.647. The normalized spacial score (nSPS) is 19.1. The lowest BCUT2D eigenvalue weighted by Gasteiger charge is -2.19. The van der Waals surface area contributed by atoms with Crippen molar-refractivity contribution in [2.24, 2.45) is 11.8 Å². The summed E-state index contributed by atoms with van der Waals surface area (Å²) in [6.07, 6.45) is 5.76. The van der Waals surface area contributed by atoms with E-state index in [0.29, 0.717) is 0 Å². The van der Waals surface area contributed by atoms with Crippen molar-refractivity contribution in [3.8, 4) is 0 Å². The third kappa shape index (κ3) is 3.58. The highest BCUT2D eigenvalue weighted by Gasteiger charge is 2.40. The summed E-state index contributed by atoms with van der Waals surface area (Å²) in [5.74, 6) is 1.93. The van der Waals surface area contributed by atoms with Gasteiger partial charge in [-0.05, 0) is 55.6 Å². The quantitative estimate of drug-likeness (QED) is 0.771. The zero-order chi connectivity index (χ0) is 13.1. The molecule has 2 heteroatoms. The Morgan fingerprint density at radius 3 is 2.32 bits per heavy atom. The number of ether oxygens (including phenoxy) is 1. The number of rotatable bonds is 8. The Hall–Kier alpha value is -0.860. The highest BCUT2D eigenvalue weighted by atomic mass is 16.5. The molecule has 2 fully saturated rings. The molecule has 2 nitrogen and oxygen atoms in total. The van der Waals surface area contributed by atoms with Crippen LogP contribution in [0.2, 0.25) is 0 Å². The topological polar surface area (TPSA) is 21.3 Å². The highest BCUT2D eigenvalue weighted by Crippen LogP contribution is 2.44. The van der Waals surface area contributed by atoms with Gasteiger partial charge >= 0.3 is 0 Å². The molecule has 0 heterocycles. The smallest absolute Gasteiger partial charge is 0.0719 e. The van der Waals surface area contributed by atoms with Crippen molar-refractivity contribution in [2.75, 3.05) is 6.61 Å². The lowest BCUT2D eigenvalue weighted by molar-refractivity contribution is 0.133. The second-order valence-electron chi connectivity index (χ2n) is 5.99. The molecule has 19 heavy (non-hydrogen) atoms. The predicted molar refractivity (Wildman–Crippen MR) is 77.8 cm³/mol. The van der Waals surface area contributed by atoms with Crippen LogP contribution in [-0.4, -0.2) is 12.6 Å². The van der Waals surface area contributed by atoms with E-state index in [0.717, 1.165) is 37.6 Å². The van der Waals surface area contributed by atoms with Crippen LogP contribution in [-0.2, 0) is 17.9 Å². The molecule has 2 aliphatic rings. The van der Waals surface area contributed by atoms with Crippen LogP contribution in [0.4, 0.5) is 0 Å². The van der Waals surface area contributed by atoms with E-state index >= 15 is 0 Å². The highest BCUT2D eigenvalue weighted by molar-refractivity contribution is 5.26. The van der Waals surface area contributed by atoms with E-state index in [1.165, 1.54) is 36.8 Å². The molecule has 0 aromatic heterocycles. The Morgan fingerprint density at radius 1 is 1.11 bits per heavy atom. The predicted octanol–water partition coefficient (Wildman–Crippen LogP) is 3.50. The Kier molecular flexibility index (Phi) is 4.19. The summed E-state index contributed by atoms with van der Waals surface area (Å²) in [4.78, 5) is 0. The van der Waals surface area contributed by atoms with Gasteiger partial charge in [0.2, 0.25) is 0 Å². The molecule has 0 saturated heterocycles. The number of hydrogen-bond acceptors (Lipinski definition) is 2. The van der Waals surface area contributed by atoms with Gasteiger partial charge in [-0.25, -0.2) is 0 Å². The van der Waals surface area contributed by atoms with Crippen LogP contribution in [0.5, 0.6) is 0 Å². The lowest BCUT2D eigenvalue weighted by atomic mass is 10.0. The molecule has 0 aliphatic heterocycles. The van der Waals surface area contributed by atoms with Crippen LogP contribution in [0.15, 0.2) is 24.3 Å². The first-order valence-corrected chi connectivity index (χ1v) is 7.76. The average molecular weight is 259 g/mol. The first-order valence-electron chi connectivity index (χ1n) is 7.76. The van der Waals surface area contributed by atoms with E-state index in [-0.39, 0.29) is 0 Å². The maximum atomic E-state index is 5.56. The Labute approximate surface area is 116 Å². The summed E-state index contributed by atoms with van der Waals surface area (Å²) >= 11 is 0. The number of benzene rings is 1. The van der Waals surface area contributed by atoms with Gasteiger partial charge in [0.15, 0.2) is 0 Å². The van der Waals surface area contributed by atoms with E-state index < -0.39 is 0 Å². The molecule has 2 aliphatic carbocycles. The second kappa shape index (κ2) is 6.06. The molecular formula is C17H25NO. The van der Waals surface area contributed by atoms with Crippen molar-refractivity contribution < 1.29 is 4.74 Å². The minimum Gasteiger partial charge on any atom is -0.377 e. The lowest BCUT2D eigenvalue weighted by Crippen LogP contribution is -2.32. The first kappa shape index (κ1) is 13.1. The largest absolute Gasteiger partial charge is 0.377 e. The van der Waals surface area contributed by atoms with Crippen LogP contribution in [0.25, 0.3) is 0 Å². The molecule has 0 unspecified atom stereocenters. The summed E-state index contributed by atoms with van der Waals surface area (Å²) < 4.78 is 5.56. The third-order valence-electron chi connectivity index (χ3n) is 4.37. The van der Waals surface area contributed by atoms with E-state index in [2.05, 4.69) is 36.5 Å². The van der Waals surface area contributed by atoms with Gasteiger partial charge in [-0.3, -0.25) is 0 Å². The zero-order valence-corrected chi connectivity index (χ0v) is 11.9. The molecule has 3 rings (SSSR count). The van der Waals surface area contributed by atoms with Gasteiger partial charge in [-0.2, -0.15) is 0 Å². The Bertz CT molecular complexity index is 397. The number of nitrogens with one attached hydrogen (secondary N) is 1. The SMILES string of the molecule is CCOCc1ccccc1CNC(C1CC1)C1CC1. The summed E-state index contributed by atoms with van der Waals surface area (Å²) in [6.45, 7) is 4.58. The van der Waals surface area contributed by atoms with Gasteiger partial charge in [0.1, 0.15) is 0 Å². The molecule has 0 radical (unpaired) electrons. The molecule has 104 valence electrons. The molecule has 0 spiro atoms. The van der Waals surface area contributed by atoms with Gasteiger partial charge in [-0.15, -0.1) is 0 Å². The van der Waals surface area contributed by atoms with Crippen molar-refractivity contribution in [1.82, 2.24) is 5.32 Å². The fourth-order valence-electron chi connectivity index (χ4n) is 2.94. The van der Waals surface area contributed by atoms with Crippen molar-refractivity contribution in [1.29, 1.82) is 0 Å². The molecule has 2 saturated carbocycles. The summed E-state index contributed by atoms with van der Waals surface area (Å²) in [7, 11) is 0. The number of hydrogen-bond donors (Lipinski definition) is 1. The van der Waals surface area contributed by atoms with E-state index in [1.54, 1.807) is 0 Å². The minimum absolute atomic E-state index is 0.742. The standard InChI is InChI=1S/C17H25NO/c1-2-19-12-16-6-4-3-5-15(16)11-18-17(13-7-8-13)14-9-10-14/h3-6,13-14,17-18H,2,7-12H2,1H3. The van der Waals surface area contributed by atoms with E-state index in [4.69, 9.17) is 4.74 Å². The average Bonchev–Trinajstić information content (AvgIpc) is 3.30. The second-order valence-corrected chi connectivity index (χ2v) is 5.99. The van der Waals surface area contributed by atoms with Crippen LogP contribution >= 0.6 is 0 Å². The molecular weight excluding hydrogens is 234 g/mol. The van der Waals surface area contributed by atoms with Crippen molar-refractivity contribution in [2.45, 2.75) is 51.8 Å². The van der Waals surface area contributed by atoms with Gasteiger partial charge < -0.3 is 10.1 Å². The van der Waals surface area contributed by atoms with Gasteiger partial charge in [0, 0.05) is 19.2 Å².